The monoisotopic (exact) mass is 338 g/mol. The van der Waals surface area contributed by atoms with Gasteiger partial charge < -0.3 is 9.80 Å². The van der Waals surface area contributed by atoms with Crippen LogP contribution in [-0.4, -0.2) is 66.5 Å². The highest BCUT2D eigenvalue weighted by Crippen LogP contribution is 2.19. The van der Waals surface area contributed by atoms with Crippen molar-refractivity contribution < 1.29 is 4.79 Å². The van der Waals surface area contributed by atoms with Crippen LogP contribution in [0.3, 0.4) is 0 Å². The number of para-hydroxylation sites is 1. The number of rotatable bonds is 3. The number of hydrogen-bond donors (Lipinski definition) is 0. The lowest BCUT2D eigenvalue weighted by atomic mass is 10.1. The van der Waals surface area contributed by atoms with E-state index >= 15 is 0 Å². The number of pyridine rings is 1. The second-order valence-electron chi connectivity index (χ2n) is 7.07. The van der Waals surface area contributed by atoms with Crippen LogP contribution in [0.1, 0.15) is 19.3 Å². The third-order valence-electron chi connectivity index (χ3n) is 5.35. The summed E-state index contributed by atoms with van der Waals surface area (Å²) in [7, 11) is 0. The van der Waals surface area contributed by atoms with Gasteiger partial charge in [-0.1, -0.05) is 24.6 Å². The number of amides is 1. The number of hydrogen-bond acceptors (Lipinski definition) is 4. The molecule has 2 aromatic rings. The molecule has 2 fully saturated rings. The van der Waals surface area contributed by atoms with E-state index in [1.54, 1.807) is 0 Å². The number of aromatic nitrogens is 1. The van der Waals surface area contributed by atoms with Crippen LogP contribution in [0, 0.1) is 0 Å². The maximum absolute atomic E-state index is 12.5. The van der Waals surface area contributed by atoms with Gasteiger partial charge in [0.25, 0.3) is 0 Å². The zero-order chi connectivity index (χ0) is 17.1. The molecule has 0 saturated carbocycles. The third kappa shape index (κ3) is 3.76. The van der Waals surface area contributed by atoms with E-state index in [2.05, 4.69) is 34.1 Å². The lowest BCUT2D eigenvalue weighted by Gasteiger charge is -2.37. The molecule has 25 heavy (non-hydrogen) atoms. The van der Waals surface area contributed by atoms with E-state index in [-0.39, 0.29) is 5.91 Å². The summed E-state index contributed by atoms with van der Waals surface area (Å²) in [6.07, 6.45) is 3.77. The van der Waals surface area contributed by atoms with E-state index in [0.717, 1.165) is 50.6 Å². The second kappa shape index (κ2) is 7.40. The molecule has 2 saturated heterocycles. The summed E-state index contributed by atoms with van der Waals surface area (Å²) in [5.74, 6) is 1.30. The Morgan fingerprint density at radius 3 is 2.44 bits per heavy atom. The molecule has 0 aliphatic carbocycles. The van der Waals surface area contributed by atoms with Gasteiger partial charge in [-0.2, -0.15) is 0 Å². The third-order valence-corrected chi connectivity index (χ3v) is 5.35. The summed E-state index contributed by atoms with van der Waals surface area (Å²) in [5, 5.41) is 1.17. The Bertz CT molecular complexity index is 733. The SMILES string of the molecule is O=C(CN1CCCCC1)N1CCN(c2ccc3ccccc3n2)CC1. The summed E-state index contributed by atoms with van der Waals surface area (Å²) in [6, 6.07) is 12.4. The minimum Gasteiger partial charge on any atom is -0.353 e. The molecular weight excluding hydrogens is 312 g/mol. The number of anilines is 1. The normalized spacial score (nSPS) is 19.4. The fourth-order valence-corrected chi connectivity index (χ4v) is 3.83. The van der Waals surface area contributed by atoms with Crippen LogP contribution < -0.4 is 4.90 Å². The van der Waals surface area contributed by atoms with Gasteiger partial charge in [0.05, 0.1) is 12.1 Å². The zero-order valence-electron chi connectivity index (χ0n) is 14.7. The summed E-state index contributed by atoms with van der Waals surface area (Å²) in [5.41, 5.74) is 1.03. The van der Waals surface area contributed by atoms with Gasteiger partial charge in [0.15, 0.2) is 0 Å². The van der Waals surface area contributed by atoms with E-state index in [9.17, 15) is 4.79 Å². The molecule has 2 aliphatic heterocycles. The number of fused-ring (bicyclic) bond motifs is 1. The number of carbonyl (C=O) groups excluding carboxylic acids is 1. The molecule has 0 atom stereocenters. The van der Waals surface area contributed by atoms with Crippen molar-refractivity contribution in [3.8, 4) is 0 Å². The molecule has 132 valence electrons. The van der Waals surface area contributed by atoms with Crippen molar-refractivity contribution in [2.24, 2.45) is 0 Å². The van der Waals surface area contributed by atoms with Crippen molar-refractivity contribution in [3.63, 3.8) is 0 Å². The Morgan fingerprint density at radius 1 is 0.880 bits per heavy atom. The lowest BCUT2D eigenvalue weighted by molar-refractivity contribution is -0.132. The summed E-state index contributed by atoms with van der Waals surface area (Å²) < 4.78 is 0. The molecule has 0 N–H and O–H groups in total. The van der Waals surface area contributed by atoms with Gasteiger partial charge in [0, 0.05) is 31.6 Å². The molecular formula is C20H26N4O. The Hall–Kier alpha value is -2.14. The maximum Gasteiger partial charge on any atom is 0.236 e. The van der Waals surface area contributed by atoms with Crippen LogP contribution in [0.4, 0.5) is 5.82 Å². The smallest absolute Gasteiger partial charge is 0.236 e. The molecule has 0 unspecified atom stereocenters. The fourth-order valence-electron chi connectivity index (χ4n) is 3.83. The highest BCUT2D eigenvalue weighted by atomic mass is 16.2. The van der Waals surface area contributed by atoms with Crippen molar-refractivity contribution in [3.05, 3.63) is 36.4 Å². The van der Waals surface area contributed by atoms with Crippen LogP contribution in [-0.2, 0) is 4.79 Å². The van der Waals surface area contributed by atoms with E-state index in [1.165, 1.54) is 24.6 Å². The van der Waals surface area contributed by atoms with Crippen molar-refractivity contribution in [2.75, 3.05) is 50.7 Å². The van der Waals surface area contributed by atoms with E-state index < -0.39 is 0 Å². The first kappa shape index (κ1) is 16.3. The molecule has 3 heterocycles. The van der Waals surface area contributed by atoms with Crippen molar-refractivity contribution in [2.45, 2.75) is 19.3 Å². The van der Waals surface area contributed by atoms with Gasteiger partial charge in [0.1, 0.15) is 5.82 Å². The Kier molecular flexibility index (Phi) is 4.83. The Labute approximate surface area is 149 Å². The summed E-state index contributed by atoms with van der Waals surface area (Å²) >= 11 is 0. The minimum atomic E-state index is 0.285. The molecule has 4 rings (SSSR count). The molecule has 0 spiro atoms. The summed E-state index contributed by atoms with van der Waals surface area (Å²) in [6.45, 7) is 6.05. The van der Waals surface area contributed by atoms with Gasteiger partial charge in [-0.05, 0) is 44.1 Å². The van der Waals surface area contributed by atoms with Gasteiger partial charge in [-0.25, -0.2) is 4.98 Å². The first-order valence-electron chi connectivity index (χ1n) is 9.40. The van der Waals surface area contributed by atoms with Crippen molar-refractivity contribution in [1.82, 2.24) is 14.8 Å². The van der Waals surface area contributed by atoms with Crippen LogP contribution >= 0.6 is 0 Å². The zero-order valence-corrected chi connectivity index (χ0v) is 14.7. The number of nitrogens with zero attached hydrogens (tertiary/aromatic N) is 4. The van der Waals surface area contributed by atoms with Gasteiger partial charge in [-0.3, -0.25) is 9.69 Å². The number of piperazine rings is 1. The average Bonchev–Trinajstić information content (AvgIpc) is 2.68. The van der Waals surface area contributed by atoms with E-state index in [1.807, 2.05) is 17.0 Å². The van der Waals surface area contributed by atoms with E-state index in [0.29, 0.717) is 6.54 Å². The Balaban J connectivity index is 1.34. The predicted octanol–water partition coefficient (Wildman–Crippen LogP) is 2.37. The topological polar surface area (TPSA) is 39.7 Å². The number of likely N-dealkylation sites (tertiary alicyclic amines) is 1. The molecule has 5 nitrogen and oxygen atoms in total. The molecule has 5 heteroatoms. The number of benzene rings is 1. The maximum atomic E-state index is 12.5. The number of piperidine rings is 1. The largest absolute Gasteiger partial charge is 0.353 e. The van der Waals surface area contributed by atoms with Crippen LogP contribution in [0.2, 0.25) is 0 Å². The first-order chi connectivity index (χ1) is 12.3. The molecule has 1 aromatic heterocycles. The summed E-state index contributed by atoms with van der Waals surface area (Å²) in [4.78, 5) is 23.9. The molecule has 1 aromatic carbocycles. The van der Waals surface area contributed by atoms with Crippen molar-refractivity contribution >= 4 is 22.6 Å². The second-order valence-corrected chi connectivity index (χ2v) is 7.07. The van der Waals surface area contributed by atoms with Gasteiger partial charge in [-0.15, -0.1) is 0 Å². The predicted molar refractivity (Wildman–Crippen MR) is 101 cm³/mol. The lowest BCUT2D eigenvalue weighted by Crippen LogP contribution is -2.51. The minimum absolute atomic E-state index is 0.285. The highest BCUT2D eigenvalue weighted by molar-refractivity contribution is 5.80. The Morgan fingerprint density at radius 2 is 1.64 bits per heavy atom. The molecule has 0 radical (unpaired) electrons. The van der Waals surface area contributed by atoms with Crippen LogP contribution in [0.5, 0.6) is 0 Å². The molecule has 0 bridgehead atoms. The quantitative estimate of drug-likeness (QED) is 0.861. The molecule has 1 amide bonds. The molecule has 2 aliphatic rings. The van der Waals surface area contributed by atoms with Gasteiger partial charge in [0.2, 0.25) is 5.91 Å². The van der Waals surface area contributed by atoms with E-state index in [4.69, 9.17) is 4.98 Å². The fraction of sp³-hybridized carbons (Fsp3) is 0.500. The average molecular weight is 338 g/mol. The van der Waals surface area contributed by atoms with Crippen LogP contribution in [0.15, 0.2) is 36.4 Å². The standard InChI is InChI=1S/C20H26N4O/c25-20(16-22-10-4-1-5-11-22)24-14-12-23(13-15-24)19-9-8-17-6-2-3-7-18(17)21-19/h2-3,6-9H,1,4-5,10-16H2. The number of carbonyl (C=O) groups is 1. The van der Waals surface area contributed by atoms with Crippen LogP contribution in [0.25, 0.3) is 10.9 Å². The van der Waals surface area contributed by atoms with Gasteiger partial charge >= 0.3 is 0 Å². The van der Waals surface area contributed by atoms with Crippen molar-refractivity contribution in [1.29, 1.82) is 0 Å². The highest BCUT2D eigenvalue weighted by Gasteiger charge is 2.24. The first-order valence-corrected chi connectivity index (χ1v) is 9.40.